The smallest absolute Gasteiger partial charge is 0.476 e. The zero-order valence-electron chi connectivity index (χ0n) is 20.2. The summed E-state index contributed by atoms with van der Waals surface area (Å²) < 4.78 is 61.1. The Balaban J connectivity index is 1.52. The standard InChI is InChI=1S/C24H25F3N6O3S/c1-23(2)12-32-21(36-13-23)18(11-30-32)37(35)33(28)22(34)31-20-16-5-3-4-14(16)6-7-17(20)15-8-9-29-19(10-15)24(25,26)27/h6-11,37H,3-5,12-13,28H2,1-2H3/p+1. The van der Waals surface area contributed by atoms with E-state index in [0.29, 0.717) is 40.8 Å². The number of nitrogens with zero attached hydrogens (tertiary/aromatic N) is 4. The Kier molecular flexibility index (Phi) is 6.23. The summed E-state index contributed by atoms with van der Waals surface area (Å²) in [7, 11) is -2.59. The lowest BCUT2D eigenvalue weighted by Crippen LogP contribution is -2.34. The second-order valence-corrected chi connectivity index (χ2v) is 11.4. The highest BCUT2D eigenvalue weighted by Gasteiger charge is 2.34. The van der Waals surface area contributed by atoms with Crippen molar-refractivity contribution in [3.8, 4) is 17.0 Å². The minimum Gasteiger partial charge on any atom is -0.476 e. The summed E-state index contributed by atoms with van der Waals surface area (Å²) in [6.07, 6.45) is 0.0669. The van der Waals surface area contributed by atoms with Crippen molar-refractivity contribution in [3.05, 3.63) is 53.5 Å². The second-order valence-electron chi connectivity index (χ2n) is 9.90. The van der Waals surface area contributed by atoms with Gasteiger partial charge in [-0.1, -0.05) is 24.0 Å². The summed E-state index contributed by atoms with van der Waals surface area (Å²) in [6, 6.07) is 5.02. The molecule has 2 aromatic heterocycles. The van der Waals surface area contributed by atoms with Gasteiger partial charge in [-0.2, -0.15) is 28.9 Å². The molecule has 1 atom stereocenters. The molecular formula is C24H26F3N6O3S+. The van der Waals surface area contributed by atoms with Crippen LogP contribution in [0.2, 0.25) is 0 Å². The Bertz CT molecular complexity index is 1490. The Morgan fingerprint density at radius 1 is 1.27 bits per heavy atom. The third-order valence-corrected chi connectivity index (χ3v) is 7.73. The van der Waals surface area contributed by atoms with Gasteiger partial charge >= 0.3 is 12.2 Å². The van der Waals surface area contributed by atoms with Crippen LogP contribution in [0, 0.1) is 5.41 Å². The fourth-order valence-electron chi connectivity index (χ4n) is 4.64. The number of rotatable bonds is 3. The van der Waals surface area contributed by atoms with Crippen LogP contribution in [0.4, 0.5) is 23.7 Å². The number of urea groups is 1. The Hall–Kier alpha value is -3.45. The predicted molar refractivity (Wildman–Crippen MR) is 129 cm³/mol. The lowest BCUT2D eigenvalue weighted by molar-refractivity contribution is -0.409. The number of hydrazine groups is 1. The zero-order chi connectivity index (χ0) is 26.5. The largest absolute Gasteiger partial charge is 0.523 e. The zero-order valence-corrected chi connectivity index (χ0v) is 21.1. The van der Waals surface area contributed by atoms with E-state index in [1.165, 1.54) is 12.3 Å². The number of fused-ring (bicyclic) bond motifs is 2. The lowest BCUT2D eigenvalue weighted by Gasteiger charge is -2.30. The van der Waals surface area contributed by atoms with Crippen molar-refractivity contribution in [2.24, 2.45) is 11.3 Å². The third-order valence-electron chi connectivity index (χ3n) is 6.44. The number of carbonyl (C=O) groups excluding carboxylic acids is 1. The number of ether oxygens (including phenoxy) is 1. The summed E-state index contributed by atoms with van der Waals surface area (Å²) in [4.78, 5) is 16.8. The van der Waals surface area contributed by atoms with Crippen molar-refractivity contribution < 1.29 is 31.0 Å². The highest BCUT2D eigenvalue weighted by atomic mass is 32.2. The van der Waals surface area contributed by atoms with Crippen molar-refractivity contribution in [2.75, 3.05) is 11.9 Å². The molecule has 13 heteroatoms. The van der Waals surface area contributed by atoms with Gasteiger partial charge in [0, 0.05) is 22.7 Å². The molecule has 3 N–H and O–H groups in total. The molecule has 37 heavy (non-hydrogen) atoms. The van der Waals surface area contributed by atoms with Gasteiger partial charge in [0.2, 0.25) is 5.88 Å². The highest BCUT2D eigenvalue weighted by molar-refractivity contribution is 7.72. The predicted octanol–water partition coefficient (Wildman–Crippen LogP) is 4.01. The molecule has 1 aliphatic heterocycles. The van der Waals surface area contributed by atoms with Crippen LogP contribution in [0.5, 0.6) is 5.88 Å². The van der Waals surface area contributed by atoms with Crippen LogP contribution in [-0.2, 0) is 36.2 Å². The number of aromatic nitrogens is 3. The van der Waals surface area contributed by atoms with Crippen molar-refractivity contribution in [2.45, 2.75) is 50.7 Å². The van der Waals surface area contributed by atoms with Gasteiger partial charge in [-0.25, -0.2) is 14.2 Å². The first kappa shape index (κ1) is 25.2. The van der Waals surface area contributed by atoms with E-state index >= 15 is 0 Å². The summed E-state index contributed by atoms with van der Waals surface area (Å²) in [5.41, 5.74) is 1.56. The van der Waals surface area contributed by atoms with E-state index in [2.05, 4.69) is 15.4 Å². The number of thiol groups is 1. The maximum atomic E-state index is 13.3. The number of pyridine rings is 1. The number of amides is 2. The first-order valence-electron chi connectivity index (χ1n) is 11.6. The van der Waals surface area contributed by atoms with E-state index in [-0.39, 0.29) is 15.9 Å². The third kappa shape index (κ3) is 4.80. The summed E-state index contributed by atoms with van der Waals surface area (Å²) in [5.74, 6) is 6.28. The number of aryl methyl sites for hydroxylation is 1. The van der Waals surface area contributed by atoms with Gasteiger partial charge in [0.25, 0.3) is 0 Å². The summed E-state index contributed by atoms with van der Waals surface area (Å²) >= 11 is 0. The monoisotopic (exact) mass is 535 g/mol. The number of nitrogens with two attached hydrogens (primary N) is 1. The topological polar surface area (TPSA) is 115 Å². The molecule has 0 spiro atoms. The van der Waals surface area contributed by atoms with E-state index in [1.807, 2.05) is 19.9 Å². The van der Waals surface area contributed by atoms with E-state index in [0.717, 1.165) is 36.2 Å². The van der Waals surface area contributed by atoms with Crippen molar-refractivity contribution >= 4 is 22.3 Å². The minimum absolute atomic E-state index is 0.162. The normalized spacial score (nSPS) is 17.4. The van der Waals surface area contributed by atoms with Crippen molar-refractivity contribution in [1.29, 1.82) is 0 Å². The number of benzene rings is 1. The first-order chi connectivity index (χ1) is 17.4. The molecule has 2 aliphatic rings. The molecule has 1 unspecified atom stereocenters. The highest BCUT2D eigenvalue weighted by Crippen LogP contribution is 2.39. The molecule has 3 aromatic rings. The molecule has 1 aromatic carbocycles. The van der Waals surface area contributed by atoms with Crippen molar-refractivity contribution in [3.63, 3.8) is 0 Å². The number of alkyl halides is 3. The molecule has 0 saturated carbocycles. The maximum Gasteiger partial charge on any atom is 0.523 e. The fourth-order valence-corrected chi connectivity index (χ4v) is 5.58. The number of nitrogens with one attached hydrogen (secondary N) is 1. The molecule has 3 heterocycles. The van der Waals surface area contributed by atoms with Crippen LogP contribution in [-0.4, -0.2) is 35.7 Å². The second kappa shape index (κ2) is 9.14. The van der Waals surface area contributed by atoms with Gasteiger partial charge in [-0.3, -0.25) is 4.98 Å². The Morgan fingerprint density at radius 3 is 2.81 bits per heavy atom. The molecule has 9 nitrogen and oxygen atoms in total. The van der Waals surface area contributed by atoms with Crippen LogP contribution in [0.1, 0.15) is 37.1 Å². The molecule has 1 aliphatic carbocycles. The summed E-state index contributed by atoms with van der Waals surface area (Å²) in [6.45, 7) is 4.96. The SMILES string of the molecule is CC1(C)COc2c([SH](=O)=[N+](N)C(=O)Nc3c(-c4ccnc(C(F)(F)F)c4)ccc4c3CCC4)cnn2C1. The van der Waals surface area contributed by atoms with Gasteiger partial charge in [0.15, 0.2) is 0 Å². The van der Waals surface area contributed by atoms with Gasteiger partial charge in [0.05, 0.1) is 19.3 Å². The summed E-state index contributed by atoms with van der Waals surface area (Å²) in [5, 5.41) is 6.94. The molecular weight excluding hydrogens is 509 g/mol. The Morgan fingerprint density at radius 2 is 2.05 bits per heavy atom. The van der Waals surface area contributed by atoms with Gasteiger partial charge < -0.3 is 4.74 Å². The number of halogens is 3. The van der Waals surface area contributed by atoms with Crippen LogP contribution in [0.3, 0.4) is 0 Å². The van der Waals surface area contributed by atoms with E-state index < -0.39 is 28.5 Å². The molecule has 0 radical (unpaired) electrons. The Labute approximate surface area is 212 Å². The molecule has 5 rings (SSSR count). The fraction of sp³-hybridized carbons (Fsp3) is 0.375. The number of hydrogen-bond acceptors (Lipinski definition) is 5. The number of anilines is 1. The average molecular weight is 536 g/mol. The molecule has 2 amide bonds. The quantitative estimate of drug-likeness (QED) is 0.154. The first-order valence-corrected chi connectivity index (χ1v) is 12.9. The average Bonchev–Trinajstić information content (AvgIpc) is 3.49. The van der Waals surface area contributed by atoms with E-state index in [9.17, 15) is 22.2 Å². The molecule has 0 saturated heterocycles. The van der Waals surface area contributed by atoms with Crippen LogP contribution >= 0.6 is 0 Å². The van der Waals surface area contributed by atoms with Gasteiger partial charge in [0.1, 0.15) is 26.9 Å². The van der Waals surface area contributed by atoms with Crippen LogP contribution < -0.4 is 15.9 Å². The van der Waals surface area contributed by atoms with Gasteiger partial charge in [-0.05, 0) is 48.6 Å². The lowest BCUT2D eigenvalue weighted by atomic mass is 9.94. The van der Waals surface area contributed by atoms with E-state index in [1.54, 1.807) is 10.7 Å². The maximum absolute atomic E-state index is 13.3. The number of carbonyl (C=O) groups is 1. The molecule has 0 bridgehead atoms. The molecule has 196 valence electrons. The van der Waals surface area contributed by atoms with E-state index in [4.69, 9.17) is 10.6 Å². The van der Waals surface area contributed by atoms with Crippen LogP contribution in [0.15, 0.2) is 41.6 Å². The number of hydrogen-bond donors (Lipinski definition) is 3. The minimum atomic E-state index is -4.62. The van der Waals surface area contributed by atoms with Gasteiger partial charge in [-0.15, -0.1) is 0 Å². The van der Waals surface area contributed by atoms with Crippen molar-refractivity contribution in [1.82, 2.24) is 14.8 Å². The van der Waals surface area contributed by atoms with Crippen LogP contribution in [0.25, 0.3) is 11.1 Å². The molecule has 0 fully saturated rings.